The topological polar surface area (TPSA) is 55.4 Å². The molecule has 2 rings (SSSR count). The SMILES string of the molecule is CCCCCCCCc1ccc(CCC(C)(COC(C)=O)NC(C)=O)c(C=Cc2ccccc2CCCCCCCC)c1. The number of nitrogens with one attached hydrogen (secondary N) is 1. The normalized spacial score (nSPS) is 12.8. The average Bonchev–Trinajstić information content (AvgIpc) is 2.98. The van der Waals surface area contributed by atoms with E-state index in [4.69, 9.17) is 4.74 Å². The van der Waals surface area contributed by atoms with Crippen LogP contribution in [0.1, 0.15) is 146 Å². The van der Waals surface area contributed by atoms with Crippen LogP contribution in [-0.4, -0.2) is 24.0 Å². The number of ether oxygens (including phenoxy) is 1. The maximum absolute atomic E-state index is 12.0. The highest BCUT2D eigenvalue weighted by molar-refractivity contribution is 5.74. The van der Waals surface area contributed by atoms with Crippen molar-refractivity contribution in [1.82, 2.24) is 5.32 Å². The summed E-state index contributed by atoms with van der Waals surface area (Å²) < 4.78 is 5.34. The lowest BCUT2D eigenvalue weighted by Crippen LogP contribution is -2.49. The van der Waals surface area contributed by atoms with Gasteiger partial charge in [-0.3, -0.25) is 9.59 Å². The Hall–Kier alpha value is -2.88. The Morgan fingerprint density at radius 3 is 1.95 bits per heavy atom. The molecule has 0 heterocycles. The highest BCUT2D eigenvalue weighted by Gasteiger charge is 2.27. The summed E-state index contributed by atoms with van der Waals surface area (Å²) in [4.78, 5) is 23.5. The van der Waals surface area contributed by atoms with Crippen molar-refractivity contribution < 1.29 is 14.3 Å². The average molecular weight is 590 g/mol. The molecule has 1 amide bonds. The lowest BCUT2D eigenvalue weighted by Gasteiger charge is -2.30. The Balaban J connectivity index is 2.22. The van der Waals surface area contributed by atoms with Gasteiger partial charge in [0.05, 0.1) is 5.54 Å². The molecule has 2 aromatic rings. The van der Waals surface area contributed by atoms with Crippen LogP contribution in [0, 0.1) is 0 Å². The predicted molar refractivity (Wildman–Crippen MR) is 183 cm³/mol. The van der Waals surface area contributed by atoms with Gasteiger partial charge < -0.3 is 10.1 Å². The minimum absolute atomic E-state index is 0.119. The summed E-state index contributed by atoms with van der Waals surface area (Å²) in [6.45, 7) is 9.57. The van der Waals surface area contributed by atoms with E-state index in [1.54, 1.807) is 0 Å². The van der Waals surface area contributed by atoms with Crippen molar-refractivity contribution in [3.8, 4) is 0 Å². The molecule has 4 nitrogen and oxygen atoms in total. The van der Waals surface area contributed by atoms with E-state index in [9.17, 15) is 9.59 Å². The molecule has 2 aromatic carbocycles. The van der Waals surface area contributed by atoms with Crippen molar-refractivity contribution in [2.45, 2.75) is 143 Å². The van der Waals surface area contributed by atoms with Gasteiger partial charge in [0.15, 0.2) is 0 Å². The molecule has 1 N–H and O–H groups in total. The molecular weight excluding hydrogens is 530 g/mol. The molecule has 0 fully saturated rings. The van der Waals surface area contributed by atoms with E-state index in [-0.39, 0.29) is 18.5 Å². The number of carbonyl (C=O) groups excluding carboxylic acids is 2. The number of aryl methyl sites for hydroxylation is 3. The summed E-state index contributed by atoms with van der Waals surface area (Å²) in [5, 5.41) is 3.03. The lowest BCUT2D eigenvalue weighted by molar-refractivity contribution is -0.144. The summed E-state index contributed by atoms with van der Waals surface area (Å²) in [6.07, 6.45) is 23.8. The number of unbranched alkanes of at least 4 members (excludes halogenated alkanes) is 10. The van der Waals surface area contributed by atoms with Gasteiger partial charge in [0.25, 0.3) is 0 Å². The third kappa shape index (κ3) is 15.4. The zero-order chi connectivity index (χ0) is 31.3. The van der Waals surface area contributed by atoms with Crippen LogP contribution in [-0.2, 0) is 33.6 Å². The maximum atomic E-state index is 12.0. The first-order chi connectivity index (χ1) is 20.8. The molecule has 238 valence electrons. The highest BCUT2D eigenvalue weighted by atomic mass is 16.5. The first kappa shape index (κ1) is 36.3. The summed E-state index contributed by atoms with van der Waals surface area (Å²) in [5.74, 6) is -0.454. The number of carbonyl (C=O) groups is 2. The summed E-state index contributed by atoms with van der Waals surface area (Å²) >= 11 is 0. The second-order valence-electron chi connectivity index (χ2n) is 12.6. The predicted octanol–water partition coefficient (Wildman–Crippen LogP) is 10.1. The number of benzene rings is 2. The Bertz CT molecular complexity index is 1120. The molecule has 0 saturated carbocycles. The second-order valence-corrected chi connectivity index (χ2v) is 12.6. The largest absolute Gasteiger partial charge is 0.463 e. The molecule has 0 aliphatic rings. The van der Waals surface area contributed by atoms with Crippen molar-refractivity contribution in [2.24, 2.45) is 0 Å². The quantitative estimate of drug-likeness (QED) is 0.0844. The molecule has 43 heavy (non-hydrogen) atoms. The zero-order valence-corrected chi connectivity index (χ0v) is 27.9. The van der Waals surface area contributed by atoms with Crippen LogP contribution < -0.4 is 5.32 Å². The van der Waals surface area contributed by atoms with E-state index in [1.165, 1.54) is 119 Å². The van der Waals surface area contributed by atoms with Gasteiger partial charge in [0.2, 0.25) is 5.91 Å². The van der Waals surface area contributed by atoms with Crippen LogP contribution in [0.5, 0.6) is 0 Å². The number of amides is 1. The molecule has 1 unspecified atom stereocenters. The molecule has 0 aliphatic heterocycles. The lowest BCUT2D eigenvalue weighted by atomic mass is 9.90. The summed E-state index contributed by atoms with van der Waals surface area (Å²) in [5.41, 5.74) is 5.94. The monoisotopic (exact) mass is 589 g/mol. The van der Waals surface area contributed by atoms with Gasteiger partial charge in [0, 0.05) is 13.8 Å². The van der Waals surface area contributed by atoms with Gasteiger partial charge >= 0.3 is 5.97 Å². The smallest absolute Gasteiger partial charge is 0.302 e. The third-order valence-corrected chi connectivity index (χ3v) is 8.34. The van der Waals surface area contributed by atoms with E-state index in [2.05, 4.69) is 73.8 Å². The van der Waals surface area contributed by atoms with Gasteiger partial charge in [-0.25, -0.2) is 0 Å². The van der Waals surface area contributed by atoms with E-state index in [1.807, 2.05) is 6.92 Å². The van der Waals surface area contributed by atoms with E-state index >= 15 is 0 Å². The van der Waals surface area contributed by atoms with Crippen molar-refractivity contribution in [1.29, 1.82) is 0 Å². The number of rotatable bonds is 22. The first-order valence-corrected chi connectivity index (χ1v) is 17.1. The molecule has 0 bridgehead atoms. The van der Waals surface area contributed by atoms with Crippen molar-refractivity contribution >= 4 is 24.0 Å². The van der Waals surface area contributed by atoms with Gasteiger partial charge in [-0.15, -0.1) is 0 Å². The molecule has 0 radical (unpaired) electrons. The minimum atomic E-state index is -0.626. The van der Waals surface area contributed by atoms with E-state index in [0.29, 0.717) is 6.42 Å². The highest BCUT2D eigenvalue weighted by Crippen LogP contribution is 2.24. The zero-order valence-electron chi connectivity index (χ0n) is 27.9. The van der Waals surface area contributed by atoms with Crippen LogP contribution >= 0.6 is 0 Å². The summed E-state index contributed by atoms with van der Waals surface area (Å²) in [7, 11) is 0. The Kier molecular flexibility index (Phi) is 17.7. The van der Waals surface area contributed by atoms with Crippen molar-refractivity contribution in [3.05, 3.63) is 70.3 Å². The molecule has 0 aromatic heterocycles. The fourth-order valence-electron chi connectivity index (χ4n) is 5.76. The Morgan fingerprint density at radius 1 is 0.721 bits per heavy atom. The van der Waals surface area contributed by atoms with Gasteiger partial charge in [0.1, 0.15) is 6.61 Å². The van der Waals surface area contributed by atoms with Crippen LogP contribution in [0.15, 0.2) is 42.5 Å². The maximum Gasteiger partial charge on any atom is 0.302 e. The van der Waals surface area contributed by atoms with Crippen LogP contribution in [0.4, 0.5) is 0 Å². The van der Waals surface area contributed by atoms with Gasteiger partial charge in [-0.05, 0) is 73.3 Å². The van der Waals surface area contributed by atoms with Crippen molar-refractivity contribution in [3.63, 3.8) is 0 Å². The van der Waals surface area contributed by atoms with E-state index < -0.39 is 5.54 Å². The number of hydrogen-bond acceptors (Lipinski definition) is 3. The molecule has 0 saturated heterocycles. The minimum Gasteiger partial charge on any atom is -0.463 e. The van der Waals surface area contributed by atoms with Crippen LogP contribution in [0.25, 0.3) is 12.2 Å². The third-order valence-electron chi connectivity index (χ3n) is 8.34. The fourth-order valence-corrected chi connectivity index (χ4v) is 5.76. The van der Waals surface area contributed by atoms with E-state index in [0.717, 1.165) is 19.3 Å². The number of hydrogen-bond donors (Lipinski definition) is 1. The molecule has 0 spiro atoms. The molecule has 1 atom stereocenters. The molecule has 4 heteroatoms. The van der Waals surface area contributed by atoms with Crippen molar-refractivity contribution in [2.75, 3.05) is 6.61 Å². The second kappa shape index (κ2) is 20.9. The fraction of sp³-hybridized carbons (Fsp3) is 0.590. The number of esters is 1. The molecular formula is C39H59NO3. The van der Waals surface area contributed by atoms with Crippen LogP contribution in [0.2, 0.25) is 0 Å². The van der Waals surface area contributed by atoms with Gasteiger partial charge in [-0.1, -0.05) is 133 Å². The Labute approximate surface area is 263 Å². The first-order valence-electron chi connectivity index (χ1n) is 17.1. The Morgan fingerprint density at radius 2 is 1.30 bits per heavy atom. The summed E-state index contributed by atoms with van der Waals surface area (Å²) in [6, 6.07) is 15.7. The van der Waals surface area contributed by atoms with Crippen LogP contribution in [0.3, 0.4) is 0 Å². The molecule has 0 aliphatic carbocycles. The van der Waals surface area contributed by atoms with Gasteiger partial charge in [-0.2, -0.15) is 0 Å². The standard InChI is InChI=1S/C39H59NO3/c1-6-8-10-12-14-16-20-34-24-25-37(28-29-39(5,40-32(3)41)31-43-33(4)42)38(30-34)27-26-36-23-19-18-22-35(36)21-17-15-13-11-9-7-2/h18-19,22-27,30H,6-17,20-21,28-29,31H2,1-5H3,(H,40,41).